The molecule has 0 saturated heterocycles. The van der Waals surface area contributed by atoms with Crippen LogP contribution in [0.5, 0.6) is 0 Å². The van der Waals surface area contributed by atoms with Gasteiger partial charge in [-0.3, -0.25) is 4.79 Å². The zero-order chi connectivity index (χ0) is 13.0. The number of carbonyl (C=O) groups excluding carboxylic acids is 1. The second-order valence-electron chi connectivity index (χ2n) is 3.88. The summed E-state index contributed by atoms with van der Waals surface area (Å²) in [5, 5.41) is 4.00. The van der Waals surface area contributed by atoms with E-state index in [0.717, 1.165) is 5.56 Å². The van der Waals surface area contributed by atoms with Crippen LogP contribution in [0.2, 0.25) is 10.0 Å². The first-order chi connectivity index (χ1) is 7.97. The molecule has 102 valence electrons. The Labute approximate surface area is 124 Å². The third-order valence-corrected chi connectivity index (χ3v) is 3.28. The van der Waals surface area contributed by atoms with E-state index in [4.69, 9.17) is 23.2 Å². The molecule has 0 aliphatic heterocycles. The lowest BCUT2D eigenvalue weighted by Gasteiger charge is -2.26. The molecule has 0 spiro atoms. The maximum Gasteiger partial charge on any atom is 0.236 e. The molecule has 1 aromatic carbocycles. The van der Waals surface area contributed by atoms with Gasteiger partial charge >= 0.3 is 0 Å². The van der Waals surface area contributed by atoms with E-state index in [1.165, 1.54) is 0 Å². The van der Waals surface area contributed by atoms with E-state index in [1.807, 2.05) is 13.0 Å². The fourth-order valence-electron chi connectivity index (χ4n) is 1.54. The van der Waals surface area contributed by atoms with Gasteiger partial charge in [-0.05, 0) is 31.7 Å². The van der Waals surface area contributed by atoms with Crippen LogP contribution in [-0.4, -0.2) is 31.4 Å². The summed E-state index contributed by atoms with van der Waals surface area (Å²) in [5.74, 6) is 0.0195. The van der Waals surface area contributed by atoms with E-state index in [0.29, 0.717) is 16.6 Å². The van der Waals surface area contributed by atoms with Crippen LogP contribution in [0.4, 0.5) is 0 Å². The minimum atomic E-state index is -0.0828. The Balaban J connectivity index is 0.00000289. The standard InChI is InChI=1S/C12H16Cl2N2O.ClH/c1-8(16(3)12(17)7-15-2)10-5-4-9(13)6-11(10)14;/h4-6,8,15H,7H2,1-3H3;1H. The van der Waals surface area contributed by atoms with Gasteiger partial charge in [0.1, 0.15) is 0 Å². The molecule has 0 heterocycles. The van der Waals surface area contributed by atoms with Crippen molar-refractivity contribution < 1.29 is 4.79 Å². The predicted octanol–water partition coefficient (Wildman–Crippen LogP) is 3.15. The van der Waals surface area contributed by atoms with E-state index in [2.05, 4.69) is 5.32 Å². The van der Waals surface area contributed by atoms with E-state index < -0.39 is 0 Å². The fraction of sp³-hybridized carbons (Fsp3) is 0.417. The molecule has 0 radical (unpaired) electrons. The number of nitrogens with one attached hydrogen (secondary N) is 1. The molecule has 0 aliphatic rings. The van der Waals surface area contributed by atoms with Crippen LogP contribution < -0.4 is 5.32 Å². The zero-order valence-corrected chi connectivity index (χ0v) is 12.9. The molecule has 1 aromatic rings. The Morgan fingerprint density at radius 3 is 2.56 bits per heavy atom. The van der Waals surface area contributed by atoms with Crippen molar-refractivity contribution in [3.05, 3.63) is 33.8 Å². The minimum Gasteiger partial charge on any atom is -0.338 e. The lowest BCUT2D eigenvalue weighted by molar-refractivity contribution is -0.130. The number of rotatable bonds is 4. The summed E-state index contributed by atoms with van der Waals surface area (Å²) in [6.07, 6.45) is 0. The van der Waals surface area contributed by atoms with E-state index in [1.54, 1.807) is 31.1 Å². The number of amides is 1. The number of carbonyl (C=O) groups is 1. The third-order valence-electron chi connectivity index (χ3n) is 2.71. The first-order valence-corrected chi connectivity index (χ1v) is 6.08. The largest absolute Gasteiger partial charge is 0.338 e. The Hall–Kier alpha value is -0.480. The van der Waals surface area contributed by atoms with Crippen molar-refractivity contribution >= 4 is 41.5 Å². The van der Waals surface area contributed by atoms with Crippen molar-refractivity contribution in [2.45, 2.75) is 13.0 Å². The monoisotopic (exact) mass is 310 g/mol. The molecule has 1 amide bonds. The molecule has 0 aliphatic carbocycles. The normalized spacial score (nSPS) is 11.6. The molecule has 1 rings (SSSR count). The second-order valence-corrected chi connectivity index (χ2v) is 4.72. The molecule has 1 unspecified atom stereocenters. The van der Waals surface area contributed by atoms with Crippen LogP contribution in [0.1, 0.15) is 18.5 Å². The van der Waals surface area contributed by atoms with Crippen molar-refractivity contribution in [3.8, 4) is 0 Å². The Kier molecular flexibility index (Phi) is 7.64. The van der Waals surface area contributed by atoms with Crippen LogP contribution in [-0.2, 0) is 4.79 Å². The average molecular weight is 312 g/mol. The highest BCUT2D eigenvalue weighted by molar-refractivity contribution is 6.35. The van der Waals surface area contributed by atoms with Crippen LogP contribution in [0.3, 0.4) is 0 Å². The summed E-state index contributed by atoms with van der Waals surface area (Å²) >= 11 is 12.0. The second kappa shape index (κ2) is 7.85. The van der Waals surface area contributed by atoms with Gasteiger partial charge in [0.25, 0.3) is 0 Å². The molecule has 18 heavy (non-hydrogen) atoms. The summed E-state index contributed by atoms with van der Waals surface area (Å²) in [4.78, 5) is 13.4. The topological polar surface area (TPSA) is 32.3 Å². The van der Waals surface area contributed by atoms with Gasteiger partial charge in [-0.1, -0.05) is 29.3 Å². The highest BCUT2D eigenvalue weighted by Gasteiger charge is 2.18. The smallest absolute Gasteiger partial charge is 0.236 e. The van der Waals surface area contributed by atoms with Crippen LogP contribution in [0.15, 0.2) is 18.2 Å². The molecule has 3 nitrogen and oxygen atoms in total. The molecule has 0 bridgehead atoms. The Morgan fingerprint density at radius 2 is 2.06 bits per heavy atom. The van der Waals surface area contributed by atoms with Gasteiger partial charge in [-0.2, -0.15) is 0 Å². The van der Waals surface area contributed by atoms with Crippen molar-refractivity contribution in [2.75, 3.05) is 20.6 Å². The maximum absolute atomic E-state index is 11.7. The first kappa shape index (κ1) is 17.5. The van der Waals surface area contributed by atoms with Gasteiger partial charge in [-0.25, -0.2) is 0 Å². The quantitative estimate of drug-likeness (QED) is 0.926. The number of hydrogen-bond acceptors (Lipinski definition) is 2. The van der Waals surface area contributed by atoms with Gasteiger partial charge in [0.2, 0.25) is 5.91 Å². The van der Waals surface area contributed by atoms with Gasteiger partial charge < -0.3 is 10.2 Å². The predicted molar refractivity (Wildman–Crippen MR) is 78.8 cm³/mol. The van der Waals surface area contributed by atoms with Crippen molar-refractivity contribution in [1.82, 2.24) is 10.2 Å². The summed E-state index contributed by atoms with van der Waals surface area (Å²) in [5.41, 5.74) is 0.892. The summed E-state index contributed by atoms with van der Waals surface area (Å²) in [6.45, 7) is 2.24. The van der Waals surface area contributed by atoms with Crippen LogP contribution in [0, 0.1) is 0 Å². The molecule has 1 atom stereocenters. The lowest BCUT2D eigenvalue weighted by atomic mass is 10.1. The van der Waals surface area contributed by atoms with Gasteiger partial charge in [-0.15, -0.1) is 12.4 Å². The van der Waals surface area contributed by atoms with Crippen molar-refractivity contribution in [2.24, 2.45) is 0 Å². The van der Waals surface area contributed by atoms with E-state index in [9.17, 15) is 4.79 Å². The highest BCUT2D eigenvalue weighted by Crippen LogP contribution is 2.28. The molecular weight excluding hydrogens is 295 g/mol. The minimum absolute atomic E-state index is 0. The lowest BCUT2D eigenvalue weighted by Crippen LogP contribution is -2.36. The van der Waals surface area contributed by atoms with Crippen molar-refractivity contribution in [1.29, 1.82) is 0 Å². The van der Waals surface area contributed by atoms with E-state index in [-0.39, 0.29) is 24.4 Å². The number of halogens is 3. The Morgan fingerprint density at radius 1 is 1.44 bits per heavy atom. The molecule has 0 aromatic heterocycles. The molecule has 0 fully saturated rings. The summed E-state index contributed by atoms with van der Waals surface area (Å²) < 4.78 is 0. The zero-order valence-electron chi connectivity index (χ0n) is 10.5. The molecule has 1 N–H and O–H groups in total. The number of benzene rings is 1. The number of hydrogen-bond donors (Lipinski definition) is 1. The average Bonchev–Trinajstić information content (AvgIpc) is 2.27. The van der Waals surface area contributed by atoms with Gasteiger partial charge in [0.05, 0.1) is 12.6 Å². The fourth-order valence-corrected chi connectivity index (χ4v) is 2.11. The number of likely N-dealkylation sites (N-methyl/N-ethyl adjacent to an activating group) is 2. The van der Waals surface area contributed by atoms with E-state index >= 15 is 0 Å². The molecule has 6 heteroatoms. The SMILES string of the molecule is CNCC(=O)N(C)C(C)c1ccc(Cl)cc1Cl.Cl. The van der Waals surface area contributed by atoms with Crippen LogP contribution in [0.25, 0.3) is 0 Å². The van der Waals surface area contributed by atoms with Gasteiger partial charge in [0.15, 0.2) is 0 Å². The summed E-state index contributed by atoms with van der Waals surface area (Å²) in [7, 11) is 3.50. The number of nitrogens with zero attached hydrogens (tertiary/aromatic N) is 1. The van der Waals surface area contributed by atoms with Gasteiger partial charge in [0, 0.05) is 17.1 Å². The molecule has 0 saturated carbocycles. The molecular formula is C12H17Cl3N2O. The Bertz CT molecular complexity index is 412. The maximum atomic E-state index is 11.7. The third kappa shape index (κ3) is 4.32. The van der Waals surface area contributed by atoms with Crippen LogP contribution >= 0.6 is 35.6 Å². The first-order valence-electron chi connectivity index (χ1n) is 5.32. The van der Waals surface area contributed by atoms with Crippen molar-refractivity contribution in [3.63, 3.8) is 0 Å². The highest BCUT2D eigenvalue weighted by atomic mass is 35.5. The summed E-state index contributed by atoms with van der Waals surface area (Å²) in [6, 6.07) is 5.22.